The normalized spacial score (nSPS) is 13.4. The van der Waals surface area contributed by atoms with Gasteiger partial charge in [0.25, 0.3) is 0 Å². The van der Waals surface area contributed by atoms with Gasteiger partial charge in [0.1, 0.15) is 0 Å². The van der Waals surface area contributed by atoms with Gasteiger partial charge in [-0.2, -0.15) is 0 Å². The molecule has 1 aromatic carbocycles. The van der Waals surface area contributed by atoms with E-state index in [4.69, 9.17) is 26.8 Å². The molecular formula is C14H20ClNO2. The Labute approximate surface area is 113 Å². The minimum atomic E-state index is 0.289. The number of fused-ring (bicyclic) bond motifs is 1. The predicted molar refractivity (Wildman–Crippen MR) is 73.7 cm³/mol. The van der Waals surface area contributed by atoms with E-state index in [-0.39, 0.29) is 6.79 Å². The third-order valence-corrected chi connectivity index (χ3v) is 3.55. The average Bonchev–Trinajstić information content (AvgIpc) is 2.76. The van der Waals surface area contributed by atoms with Crippen LogP contribution >= 0.6 is 11.6 Å². The summed E-state index contributed by atoms with van der Waals surface area (Å²) in [6, 6.07) is 1.87. The highest BCUT2D eigenvalue weighted by molar-refractivity contribution is 6.31. The van der Waals surface area contributed by atoms with Gasteiger partial charge in [-0.1, -0.05) is 25.4 Å². The molecule has 2 N–H and O–H groups in total. The van der Waals surface area contributed by atoms with E-state index in [0.29, 0.717) is 5.92 Å². The highest BCUT2D eigenvalue weighted by atomic mass is 35.5. The van der Waals surface area contributed by atoms with E-state index in [1.54, 1.807) is 0 Å². The number of hydrogen-bond acceptors (Lipinski definition) is 3. The molecule has 1 aliphatic heterocycles. The van der Waals surface area contributed by atoms with E-state index in [0.717, 1.165) is 42.3 Å². The number of rotatable bonds is 5. The van der Waals surface area contributed by atoms with Crippen LogP contribution in [0.5, 0.6) is 11.5 Å². The van der Waals surface area contributed by atoms with E-state index < -0.39 is 0 Å². The van der Waals surface area contributed by atoms with Crippen molar-refractivity contribution in [2.24, 2.45) is 5.73 Å². The largest absolute Gasteiger partial charge is 0.454 e. The number of hydrogen-bond donors (Lipinski definition) is 1. The molecule has 0 atom stereocenters. The summed E-state index contributed by atoms with van der Waals surface area (Å²) >= 11 is 6.37. The Kier molecular flexibility index (Phi) is 4.36. The van der Waals surface area contributed by atoms with Gasteiger partial charge in [-0.05, 0) is 37.3 Å². The number of ether oxygens (including phenoxy) is 2. The van der Waals surface area contributed by atoms with E-state index in [2.05, 4.69) is 13.8 Å². The highest BCUT2D eigenvalue weighted by Crippen LogP contribution is 2.45. The predicted octanol–water partition coefficient (Wildman–Crippen LogP) is 3.47. The molecule has 1 aliphatic rings. The summed E-state index contributed by atoms with van der Waals surface area (Å²) in [5.74, 6) is 2.01. The van der Waals surface area contributed by atoms with Crippen LogP contribution in [0.3, 0.4) is 0 Å². The SMILES string of the molecule is CC(C)c1c(CCCCN)c(Cl)cc2c1OCO2. The monoisotopic (exact) mass is 269 g/mol. The van der Waals surface area contributed by atoms with Gasteiger partial charge < -0.3 is 15.2 Å². The molecular weight excluding hydrogens is 250 g/mol. The van der Waals surface area contributed by atoms with Gasteiger partial charge in [-0.25, -0.2) is 0 Å². The zero-order chi connectivity index (χ0) is 13.1. The highest BCUT2D eigenvalue weighted by Gasteiger charge is 2.24. The quantitative estimate of drug-likeness (QED) is 0.833. The number of halogens is 1. The lowest BCUT2D eigenvalue weighted by Gasteiger charge is -2.17. The third kappa shape index (κ3) is 2.57. The minimum Gasteiger partial charge on any atom is -0.454 e. The van der Waals surface area contributed by atoms with Gasteiger partial charge in [0.2, 0.25) is 6.79 Å². The van der Waals surface area contributed by atoms with Crippen LogP contribution < -0.4 is 15.2 Å². The molecule has 0 aromatic heterocycles. The zero-order valence-electron chi connectivity index (χ0n) is 11.0. The molecule has 0 radical (unpaired) electrons. The summed E-state index contributed by atoms with van der Waals surface area (Å²) in [6.07, 6.45) is 3.01. The fourth-order valence-electron chi connectivity index (χ4n) is 2.38. The first-order chi connectivity index (χ1) is 8.65. The Morgan fingerprint density at radius 1 is 1.33 bits per heavy atom. The molecule has 1 heterocycles. The number of benzene rings is 1. The standard InChI is InChI=1S/C14H20ClNO2/c1-9(2)13-10(5-3-4-6-16)11(15)7-12-14(13)18-8-17-12/h7,9H,3-6,8,16H2,1-2H3. The van der Waals surface area contributed by atoms with E-state index in [1.807, 2.05) is 6.07 Å². The van der Waals surface area contributed by atoms with Crippen LogP contribution in [0.15, 0.2) is 6.07 Å². The van der Waals surface area contributed by atoms with Gasteiger partial charge in [0.15, 0.2) is 11.5 Å². The van der Waals surface area contributed by atoms with Crippen LogP contribution in [-0.4, -0.2) is 13.3 Å². The first-order valence-corrected chi connectivity index (χ1v) is 6.84. The summed E-state index contributed by atoms with van der Waals surface area (Å²) in [6.45, 7) is 5.32. The second-order valence-electron chi connectivity index (χ2n) is 4.88. The molecule has 0 unspecified atom stereocenters. The Hall–Kier alpha value is -0.930. The third-order valence-electron chi connectivity index (χ3n) is 3.22. The molecule has 3 nitrogen and oxygen atoms in total. The van der Waals surface area contributed by atoms with Crippen molar-refractivity contribution in [1.82, 2.24) is 0 Å². The second-order valence-corrected chi connectivity index (χ2v) is 5.29. The van der Waals surface area contributed by atoms with Gasteiger partial charge in [-0.3, -0.25) is 0 Å². The van der Waals surface area contributed by atoms with Crippen molar-refractivity contribution < 1.29 is 9.47 Å². The van der Waals surface area contributed by atoms with Crippen molar-refractivity contribution in [1.29, 1.82) is 0 Å². The molecule has 4 heteroatoms. The number of nitrogens with two attached hydrogens (primary N) is 1. The summed E-state index contributed by atoms with van der Waals surface area (Å²) < 4.78 is 11.0. The van der Waals surface area contributed by atoms with E-state index in [1.165, 1.54) is 11.1 Å². The molecule has 2 rings (SSSR count). The van der Waals surface area contributed by atoms with Crippen LogP contribution in [0.4, 0.5) is 0 Å². The molecule has 0 fully saturated rings. The first-order valence-electron chi connectivity index (χ1n) is 6.46. The topological polar surface area (TPSA) is 44.5 Å². The zero-order valence-corrected chi connectivity index (χ0v) is 11.7. The van der Waals surface area contributed by atoms with Crippen LogP contribution in [-0.2, 0) is 6.42 Å². The maximum Gasteiger partial charge on any atom is 0.231 e. The Balaban J connectivity index is 2.37. The molecule has 0 saturated carbocycles. The van der Waals surface area contributed by atoms with Crippen LogP contribution in [0.2, 0.25) is 5.02 Å². The number of unbranched alkanes of at least 4 members (excludes halogenated alkanes) is 1. The van der Waals surface area contributed by atoms with Crippen molar-refractivity contribution >= 4 is 11.6 Å². The molecule has 0 spiro atoms. The van der Waals surface area contributed by atoms with Crippen molar-refractivity contribution in [2.45, 2.75) is 39.0 Å². The molecule has 0 bridgehead atoms. The lowest BCUT2D eigenvalue weighted by atomic mass is 9.92. The smallest absolute Gasteiger partial charge is 0.231 e. The lowest BCUT2D eigenvalue weighted by molar-refractivity contribution is 0.173. The van der Waals surface area contributed by atoms with Crippen LogP contribution in [0.25, 0.3) is 0 Å². The molecule has 0 saturated heterocycles. The van der Waals surface area contributed by atoms with Crippen molar-refractivity contribution in [3.8, 4) is 11.5 Å². The lowest BCUT2D eigenvalue weighted by Crippen LogP contribution is -2.03. The van der Waals surface area contributed by atoms with Crippen LogP contribution in [0, 0.1) is 0 Å². The summed E-state index contributed by atoms with van der Waals surface area (Å²) in [7, 11) is 0. The van der Waals surface area contributed by atoms with E-state index >= 15 is 0 Å². The minimum absolute atomic E-state index is 0.289. The van der Waals surface area contributed by atoms with Gasteiger partial charge >= 0.3 is 0 Å². The summed E-state index contributed by atoms with van der Waals surface area (Å²) in [5, 5.41) is 0.778. The van der Waals surface area contributed by atoms with Crippen molar-refractivity contribution in [3.05, 3.63) is 22.2 Å². The maximum atomic E-state index is 6.37. The molecule has 0 amide bonds. The summed E-state index contributed by atoms with van der Waals surface area (Å²) in [5.41, 5.74) is 7.91. The molecule has 0 aliphatic carbocycles. The molecule has 18 heavy (non-hydrogen) atoms. The molecule has 1 aromatic rings. The average molecular weight is 270 g/mol. The Morgan fingerprint density at radius 2 is 2.11 bits per heavy atom. The van der Waals surface area contributed by atoms with Crippen molar-refractivity contribution in [3.63, 3.8) is 0 Å². The fourth-order valence-corrected chi connectivity index (χ4v) is 2.68. The van der Waals surface area contributed by atoms with Gasteiger partial charge in [-0.15, -0.1) is 0 Å². The van der Waals surface area contributed by atoms with Gasteiger partial charge in [0, 0.05) is 16.7 Å². The van der Waals surface area contributed by atoms with E-state index in [9.17, 15) is 0 Å². The molecule has 100 valence electrons. The maximum absolute atomic E-state index is 6.37. The second kappa shape index (κ2) is 5.81. The Bertz CT molecular complexity index is 432. The first kappa shape index (κ1) is 13.5. The Morgan fingerprint density at radius 3 is 2.78 bits per heavy atom. The fraction of sp³-hybridized carbons (Fsp3) is 0.571. The van der Waals surface area contributed by atoms with Gasteiger partial charge in [0.05, 0.1) is 0 Å². The van der Waals surface area contributed by atoms with Crippen LogP contribution in [0.1, 0.15) is 43.7 Å². The van der Waals surface area contributed by atoms with Crippen molar-refractivity contribution in [2.75, 3.05) is 13.3 Å². The summed E-state index contributed by atoms with van der Waals surface area (Å²) in [4.78, 5) is 0.